The average molecular weight is 235 g/mol. The summed E-state index contributed by atoms with van der Waals surface area (Å²) in [5, 5.41) is 12.4. The minimum absolute atomic E-state index is 0.154. The van der Waals surface area contributed by atoms with Crippen molar-refractivity contribution in [3.8, 4) is 0 Å². The number of sulfone groups is 1. The van der Waals surface area contributed by atoms with Crippen LogP contribution in [-0.2, 0) is 9.84 Å². The third-order valence-electron chi connectivity index (χ3n) is 3.02. The van der Waals surface area contributed by atoms with Gasteiger partial charge in [-0.25, -0.2) is 8.42 Å². The third kappa shape index (κ3) is 3.74. The van der Waals surface area contributed by atoms with Crippen molar-refractivity contribution in [1.82, 2.24) is 5.32 Å². The molecule has 0 bridgehead atoms. The second-order valence-corrected chi connectivity index (χ2v) is 7.35. The molecule has 0 saturated heterocycles. The van der Waals surface area contributed by atoms with E-state index in [0.717, 1.165) is 19.3 Å². The summed E-state index contributed by atoms with van der Waals surface area (Å²) in [5.41, 5.74) is -0.568. The Labute approximate surface area is 92.0 Å². The van der Waals surface area contributed by atoms with Crippen molar-refractivity contribution in [3.63, 3.8) is 0 Å². The van der Waals surface area contributed by atoms with Crippen molar-refractivity contribution in [3.05, 3.63) is 0 Å². The summed E-state index contributed by atoms with van der Waals surface area (Å²) in [6.45, 7) is 4.33. The van der Waals surface area contributed by atoms with Gasteiger partial charge in [-0.2, -0.15) is 0 Å². The quantitative estimate of drug-likeness (QED) is 0.650. The average Bonchev–Trinajstić information content (AvgIpc) is 2.09. The van der Waals surface area contributed by atoms with Gasteiger partial charge in [0.25, 0.3) is 0 Å². The van der Waals surface area contributed by atoms with Crippen LogP contribution in [0.3, 0.4) is 0 Å². The van der Waals surface area contributed by atoms with Crippen LogP contribution in [0.2, 0.25) is 0 Å². The molecule has 0 aliphatic heterocycles. The highest BCUT2D eigenvalue weighted by Crippen LogP contribution is 2.30. The normalized spacial score (nSPS) is 20.3. The highest BCUT2D eigenvalue weighted by molar-refractivity contribution is 7.92. The Kier molecular flexibility index (Phi) is 4.14. The van der Waals surface area contributed by atoms with Crippen LogP contribution in [0, 0.1) is 0 Å². The van der Waals surface area contributed by atoms with Gasteiger partial charge in [0.1, 0.15) is 0 Å². The van der Waals surface area contributed by atoms with Crippen molar-refractivity contribution in [1.29, 1.82) is 0 Å². The predicted octanol–water partition coefficient (Wildman–Crippen LogP) is 0.314. The standard InChI is InChI=1S/C10H21NO3S/c1-9(2)15(13,14)7-6-11-8-10(12)4-3-5-10/h9,11-12H,3-8H2,1-2H3. The van der Waals surface area contributed by atoms with Crippen molar-refractivity contribution < 1.29 is 13.5 Å². The first-order chi connectivity index (χ1) is 6.86. The topological polar surface area (TPSA) is 66.4 Å². The van der Waals surface area contributed by atoms with Gasteiger partial charge in [0.15, 0.2) is 9.84 Å². The van der Waals surface area contributed by atoms with Gasteiger partial charge in [0.05, 0.1) is 16.6 Å². The van der Waals surface area contributed by atoms with Gasteiger partial charge in [-0.1, -0.05) is 0 Å². The van der Waals surface area contributed by atoms with Gasteiger partial charge in [0.2, 0.25) is 0 Å². The zero-order chi connectivity index (χ0) is 11.5. The van der Waals surface area contributed by atoms with Crippen LogP contribution in [0.4, 0.5) is 0 Å². The molecule has 0 amide bonds. The Morgan fingerprint density at radius 1 is 1.40 bits per heavy atom. The Balaban J connectivity index is 2.17. The molecule has 0 radical (unpaired) electrons. The molecule has 4 nitrogen and oxygen atoms in total. The number of rotatable bonds is 6. The molecule has 0 atom stereocenters. The molecule has 2 N–H and O–H groups in total. The van der Waals surface area contributed by atoms with Gasteiger partial charge < -0.3 is 10.4 Å². The number of nitrogens with one attached hydrogen (secondary N) is 1. The summed E-state index contributed by atoms with van der Waals surface area (Å²) >= 11 is 0. The maximum absolute atomic E-state index is 11.4. The number of aliphatic hydroxyl groups is 1. The zero-order valence-corrected chi connectivity index (χ0v) is 10.3. The van der Waals surface area contributed by atoms with E-state index < -0.39 is 15.4 Å². The van der Waals surface area contributed by atoms with E-state index in [1.54, 1.807) is 13.8 Å². The van der Waals surface area contributed by atoms with Crippen LogP contribution >= 0.6 is 0 Å². The Morgan fingerprint density at radius 2 is 2.00 bits per heavy atom. The van der Waals surface area contributed by atoms with Crippen molar-refractivity contribution in [2.75, 3.05) is 18.8 Å². The van der Waals surface area contributed by atoms with Crippen LogP contribution in [-0.4, -0.2) is 43.2 Å². The minimum atomic E-state index is -2.95. The molecule has 0 spiro atoms. The molecule has 90 valence electrons. The second-order valence-electron chi connectivity index (χ2n) is 4.67. The SMILES string of the molecule is CC(C)S(=O)(=O)CCNCC1(O)CCC1. The molecule has 0 aromatic carbocycles. The van der Waals surface area contributed by atoms with Gasteiger partial charge in [-0.05, 0) is 33.1 Å². The van der Waals surface area contributed by atoms with E-state index in [1.165, 1.54) is 0 Å². The fraction of sp³-hybridized carbons (Fsp3) is 1.00. The highest BCUT2D eigenvalue weighted by Gasteiger charge is 2.33. The first-order valence-corrected chi connectivity index (χ1v) is 7.22. The second kappa shape index (κ2) is 4.80. The first-order valence-electron chi connectivity index (χ1n) is 5.50. The predicted molar refractivity (Wildman–Crippen MR) is 60.6 cm³/mol. The summed E-state index contributed by atoms with van der Waals surface area (Å²) in [5.74, 6) is 0.154. The summed E-state index contributed by atoms with van der Waals surface area (Å²) in [7, 11) is -2.95. The smallest absolute Gasteiger partial charge is 0.153 e. The molecular weight excluding hydrogens is 214 g/mol. The minimum Gasteiger partial charge on any atom is -0.389 e. The molecule has 0 unspecified atom stereocenters. The summed E-state index contributed by atoms with van der Waals surface area (Å²) < 4.78 is 22.9. The van der Waals surface area contributed by atoms with Gasteiger partial charge in [-0.15, -0.1) is 0 Å². The maximum Gasteiger partial charge on any atom is 0.153 e. The molecule has 1 fully saturated rings. The van der Waals surface area contributed by atoms with Gasteiger partial charge in [-0.3, -0.25) is 0 Å². The molecule has 15 heavy (non-hydrogen) atoms. The monoisotopic (exact) mass is 235 g/mol. The Morgan fingerprint density at radius 3 is 2.40 bits per heavy atom. The maximum atomic E-state index is 11.4. The van der Waals surface area contributed by atoms with Crippen molar-refractivity contribution in [2.45, 2.75) is 44.0 Å². The molecule has 0 aromatic heterocycles. The fourth-order valence-corrected chi connectivity index (χ4v) is 2.43. The lowest BCUT2D eigenvalue weighted by Crippen LogP contribution is -2.47. The van der Waals surface area contributed by atoms with Crippen LogP contribution in [0.15, 0.2) is 0 Å². The van der Waals surface area contributed by atoms with Gasteiger partial charge >= 0.3 is 0 Å². The lowest BCUT2D eigenvalue weighted by atomic mass is 9.80. The van der Waals surface area contributed by atoms with E-state index in [0.29, 0.717) is 13.1 Å². The van der Waals surface area contributed by atoms with Crippen molar-refractivity contribution in [2.24, 2.45) is 0 Å². The number of hydrogen-bond acceptors (Lipinski definition) is 4. The van der Waals surface area contributed by atoms with E-state index in [4.69, 9.17) is 0 Å². The third-order valence-corrected chi connectivity index (χ3v) is 5.23. The molecular formula is C10H21NO3S. The summed E-state index contributed by atoms with van der Waals surface area (Å²) in [4.78, 5) is 0. The van der Waals surface area contributed by atoms with Crippen LogP contribution in [0.25, 0.3) is 0 Å². The number of hydrogen-bond donors (Lipinski definition) is 2. The molecule has 1 rings (SSSR count). The van der Waals surface area contributed by atoms with E-state index in [-0.39, 0.29) is 11.0 Å². The zero-order valence-electron chi connectivity index (χ0n) is 9.49. The molecule has 1 saturated carbocycles. The summed E-state index contributed by atoms with van der Waals surface area (Å²) in [6, 6.07) is 0. The highest BCUT2D eigenvalue weighted by atomic mass is 32.2. The lowest BCUT2D eigenvalue weighted by Gasteiger charge is -2.36. The van der Waals surface area contributed by atoms with Crippen LogP contribution in [0.5, 0.6) is 0 Å². The Hall–Kier alpha value is -0.130. The molecule has 0 aromatic rings. The fourth-order valence-electron chi connectivity index (χ4n) is 1.53. The largest absolute Gasteiger partial charge is 0.389 e. The Bertz CT molecular complexity index is 294. The van der Waals surface area contributed by atoms with E-state index in [1.807, 2.05) is 0 Å². The van der Waals surface area contributed by atoms with E-state index in [9.17, 15) is 13.5 Å². The van der Waals surface area contributed by atoms with Crippen molar-refractivity contribution >= 4 is 9.84 Å². The van der Waals surface area contributed by atoms with Crippen LogP contribution < -0.4 is 5.32 Å². The molecule has 1 aliphatic carbocycles. The lowest BCUT2D eigenvalue weighted by molar-refractivity contribution is -0.0307. The van der Waals surface area contributed by atoms with E-state index in [2.05, 4.69) is 5.32 Å². The van der Waals surface area contributed by atoms with Crippen LogP contribution in [0.1, 0.15) is 33.1 Å². The van der Waals surface area contributed by atoms with E-state index >= 15 is 0 Å². The summed E-state index contributed by atoms with van der Waals surface area (Å²) in [6.07, 6.45) is 2.73. The molecule has 5 heteroatoms. The molecule has 1 aliphatic rings. The first kappa shape index (κ1) is 12.9. The molecule has 0 heterocycles. The van der Waals surface area contributed by atoms with Gasteiger partial charge in [0, 0.05) is 13.1 Å².